The van der Waals surface area contributed by atoms with E-state index in [2.05, 4.69) is 5.32 Å². The summed E-state index contributed by atoms with van der Waals surface area (Å²) >= 11 is 5.85. The molecule has 0 aliphatic rings. The van der Waals surface area contributed by atoms with E-state index in [0.29, 0.717) is 29.4 Å². The van der Waals surface area contributed by atoms with Crippen LogP contribution >= 0.6 is 11.6 Å². The monoisotopic (exact) mass is 344 g/mol. The minimum atomic E-state index is -0.169. The molecule has 0 heterocycles. The highest BCUT2D eigenvalue weighted by Gasteiger charge is 2.17. The molecule has 0 unspecified atom stereocenters. The lowest BCUT2D eigenvalue weighted by molar-refractivity contribution is -0.115. The van der Waals surface area contributed by atoms with Gasteiger partial charge in [0, 0.05) is 18.1 Å². The fraction of sp³-hybridized carbons (Fsp3) is 0.263. The molecule has 1 N–H and O–H groups in total. The van der Waals surface area contributed by atoms with Gasteiger partial charge in [0.15, 0.2) is 0 Å². The van der Waals surface area contributed by atoms with Crippen molar-refractivity contribution in [2.24, 2.45) is 0 Å². The fourth-order valence-electron chi connectivity index (χ4n) is 2.44. The molecule has 2 aromatic carbocycles. The molecule has 0 radical (unpaired) electrons. The molecule has 2 rings (SSSR count). The lowest BCUT2D eigenvalue weighted by Crippen LogP contribution is -2.31. The van der Waals surface area contributed by atoms with Gasteiger partial charge in [-0.25, -0.2) is 0 Å². The van der Waals surface area contributed by atoms with E-state index >= 15 is 0 Å². The van der Waals surface area contributed by atoms with Crippen molar-refractivity contribution in [2.45, 2.75) is 20.3 Å². The van der Waals surface area contributed by atoms with Crippen LogP contribution in [0.25, 0.3) is 0 Å². The number of para-hydroxylation sites is 1. The van der Waals surface area contributed by atoms with Gasteiger partial charge < -0.3 is 10.2 Å². The number of carbonyl (C=O) groups is 2. The van der Waals surface area contributed by atoms with Crippen molar-refractivity contribution in [3.63, 3.8) is 0 Å². The van der Waals surface area contributed by atoms with Crippen LogP contribution in [-0.2, 0) is 11.2 Å². The van der Waals surface area contributed by atoms with Gasteiger partial charge in [0.1, 0.15) is 0 Å². The first kappa shape index (κ1) is 18.0. The van der Waals surface area contributed by atoms with E-state index in [-0.39, 0.29) is 18.2 Å². The van der Waals surface area contributed by atoms with E-state index in [1.165, 1.54) is 0 Å². The second kappa shape index (κ2) is 8.50. The van der Waals surface area contributed by atoms with Crippen LogP contribution in [0.5, 0.6) is 0 Å². The summed E-state index contributed by atoms with van der Waals surface area (Å²) in [6.07, 6.45) is 0.227. The van der Waals surface area contributed by atoms with E-state index in [0.717, 1.165) is 5.56 Å². The van der Waals surface area contributed by atoms with E-state index in [1.807, 2.05) is 26.0 Å². The summed E-state index contributed by atoms with van der Waals surface area (Å²) in [5, 5.41) is 3.47. The smallest absolute Gasteiger partial charge is 0.255 e. The maximum Gasteiger partial charge on any atom is 0.255 e. The zero-order valence-corrected chi connectivity index (χ0v) is 14.6. The summed E-state index contributed by atoms with van der Waals surface area (Å²) in [5.74, 6) is -0.250. The molecule has 5 heteroatoms. The molecule has 2 aromatic rings. The zero-order valence-electron chi connectivity index (χ0n) is 13.9. The molecule has 4 nitrogen and oxygen atoms in total. The molecule has 0 aliphatic carbocycles. The van der Waals surface area contributed by atoms with E-state index < -0.39 is 0 Å². The van der Waals surface area contributed by atoms with Gasteiger partial charge in [-0.05, 0) is 43.7 Å². The third-order valence-corrected chi connectivity index (χ3v) is 4.01. The average Bonchev–Trinajstić information content (AvgIpc) is 2.58. The second-order valence-corrected chi connectivity index (χ2v) is 5.81. The van der Waals surface area contributed by atoms with Crippen molar-refractivity contribution in [3.05, 3.63) is 64.7 Å². The molecule has 126 valence electrons. The number of carbonyl (C=O) groups excluding carboxylic acids is 2. The molecule has 2 amide bonds. The fourth-order valence-corrected chi connectivity index (χ4v) is 2.57. The predicted molar refractivity (Wildman–Crippen MR) is 97.5 cm³/mol. The van der Waals surface area contributed by atoms with Crippen LogP contribution in [0.1, 0.15) is 29.8 Å². The van der Waals surface area contributed by atoms with Crippen LogP contribution in [0.15, 0.2) is 48.5 Å². The molecule has 0 bridgehead atoms. The lowest BCUT2D eigenvalue weighted by atomic mass is 10.1. The van der Waals surface area contributed by atoms with Crippen LogP contribution in [-0.4, -0.2) is 29.8 Å². The van der Waals surface area contributed by atoms with Gasteiger partial charge in [0.25, 0.3) is 5.91 Å². The summed E-state index contributed by atoms with van der Waals surface area (Å²) < 4.78 is 0. The Bertz CT molecular complexity index is 710. The quantitative estimate of drug-likeness (QED) is 0.861. The summed E-state index contributed by atoms with van der Waals surface area (Å²) in [5.41, 5.74) is 1.91. The number of hydrogen-bond acceptors (Lipinski definition) is 2. The predicted octanol–water partition coefficient (Wildman–Crippen LogP) is 4.00. The van der Waals surface area contributed by atoms with Crippen molar-refractivity contribution >= 4 is 29.1 Å². The normalized spacial score (nSPS) is 10.3. The second-order valence-electron chi connectivity index (χ2n) is 5.37. The van der Waals surface area contributed by atoms with Gasteiger partial charge in [-0.3, -0.25) is 9.59 Å². The van der Waals surface area contributed by atoms with Gasteiger partial charge in [-0.2, -0.15) is 0 Å². The Morgan fingerprint density at radius 1 is 1.00 bits per heavy atom. The van der Waals surface area contributed by atoms with Crippen LogP contribution in [0.4, 0.5) is 5.69 Å². The minimum absolute atomic E-state index is 0.0811. The van der Waals surface area contributed by atoms with Crippen LogP contribution in [0, 0.1) is 0 Å². The molecule has 0 spiro atoms. The number of nitrogens with one attached hydrogen (secondary N) is 1. The molecule has 0 atom stereocenters. The third-order valence-electron chi connectivity index (χ3n) is 3.76. The van der Waals surface area contributed by atoms with Gasteiger partial charge in [-0.1, -0.05) is 35.9 Å². The van der Waals surface area contributed by atoms with E-state index in [9.17, 15) is 9.59 Å². The Labute approximate surface area is 147 Å². The lowest BCUT2D eigenvalue weighted by Gasteiger charge is -2.20. The summed E-state index contributed by atoms with van der Waals surface area (Å²) in [6, 6.07) is 14.2. The zero-order chi connectivity index (χ0) is 17.5. The first-order valence-corrected chi connectivity index (χ1v) is 8.35. The first-order valence-electron chi connectivity index (χ1n) is 7.97. The summed E-state index contributed by atoms with van der Waals surface area (Å²) in [7, 11) is 0. The van der Waals surface area contributed by atoms with Gasteiger partial charge in [0.05, 0.1) is 17.7 Å². The van der Waals surface area contributed by atoms with Crippen molar-refractivity contribution in [1.82, 2.24) is 4.90 Å². The van der Waals surface area contributed by atoms with E-state index in [4.69, 9.17) is 11.6 Å². The van der Waals surface area contributed by atoms with Gasteiger partial charge in [0.2, 0.25) is 5.91 Å². The number of rotatable bonds is 6. The molecule has 0 aliphatic heterocycles. The Hall–Kier alpha value is -2.33. The minimum Gasteiger partial charge on any atom is -0.339 e. The molecular weight excluding hydrogens is 324 g/mol. The van der Waals surface area contributed by atoms with Gasteiger partial charge >= 0.3 is 0 Å². The van der Waals surface area contributed by atoms with Crippen LogP contribution in [0.3, 0.4) is 0 Å². The summed E-state index contributed by atoms with van der Waals surface area (Å²) in [4.78, 5) is 26.6. The summed E-state index contributed by atoms with van der Waals surface area (Å²) in [6.45, 7) is 5.12. The number of nitrogens with zero attached hydrogens (tertiary/aromatic N) is 1. The number of hydrogen-bond donors (Lipinski definition) is 1. The van der Waals surface area contributed by atoms with Crippen molar-refractivity contribution in [3.8, 4) is 0 Å². The molecule has 0 saturated heterocycles. The standard InChI is InChI=1S/C19H21ClN2O2/c1-3-22(4-2)19(24)16-7-5-6-8-17(16)21-18(23)13-14-9-11-15(20)12-10-14/h5-12H,3-4,13H2,1-2H3,(H,21,23). The van der Waals surface area contributed by atoms with Crippen molar-refractivity contribution < 1.29 is 9.59 Å². The van der Waals surface area contributed by atoms with Crippen LogP contribution < -0.4 is 5.32 Å². The highest BCUT2D eigenvalue weighted by Crippen LogP contribution is 2.18. The molecule has 0 fully saturated rings. The number of amides is 2. The third kappa shape index (κ3) is 4.59. The van der Waals surface area contributed by atoms with Crippen LogP contribution in [0.2, 0.25) is 5.02 Å². The Kier molecular flexibility index (Phi) is 6.38. The molecule has 0 saturated carbocycles. The topological polar surface area (TPSA) is 49.4 Å². The van der Waals surface area contributed by atoms with Gasteiger partial charge in [-0.15, -0.1) is 0 Å². The van der Waals surface area contributed by atoms with Crippen molar-refractivity contribution in [2.75, 3.05) is 18.4 Å². The maximum atomic E-state index is 12.6. The molecule has 24 heavy (non-hydrogen) atoms. The largest absolute Gasteiger partial charge is 0.339 e. The highest BCUT2D eigenvalue weighted by molar-refractivity contribution is 6.30. The van der Waals surface area contributed by atoms with Crippen molar-refractivity contribution in [1.29, 1.82) is 0 Å². The Balaban J connectivity index is 2.13. The maximum absolute atomic E-state index is 12.6. The Morgan fingerprint density at radius 3 is 2.25 bits per heavy atom. The number of halogens is 1. The highest BCUT2D eigenvalue weighted by atomic mass is 35.5. The first-order chi connectivity index (χ1) is 11.5. The SMILES string of the molecule is CCN(CC)C(=O)c1ccccc1NC(=O)Cc1ccc(Cl)cc1. The molecular formula is C19H21ClN2O2. The Morgan fingerprint density at radius 2 is 1.62 bits per heavy atom. The van der Waals surface area contributed by atoms with E-state index in [1.54, 1.807) is 41.3 Å². The average molecular weight is 345 g/mol. The number of anilines is 1. The number of benzene rings is 2. The molecule has 0 aromatic heterocycles.